The fourth-order valence-corrected chi connectivity index (χ4v) is 2.28. The zero-order valence-corrected chi connectivity index (χ0v) is 11.5. The first-order chi connectivity index (χ1) is 10.8. The van der Waals surface area contributed by atoms with Crippen molar-refractivity contribution in [2.45, 2.75) is 0 Å². The smallest absolute Gasteiger partial charge is 0.239 e. The highest BCUT2D eigenvalue weighted by atomic mass is 15.3. The normalized spacial score (nSPS) is 10.2. The molecule has 108 valence electrons. The lowest BCUT2D eigenvalue weighted by Crippen LogP contribution is -2.16. The molecule has 22 heavy (non-hydrogen) atoms. The molecule has 0 bridgehead atoms. The summed E-state index contributed by atoms with van der Waals surface area (Å²) in [5.74, 6) is 11.2. The van der Waals surface area contributed by atoms with E-state index in [1.54, 1.807) is 0 Å². The summed E-state index contributed by atoms with van der Waals surface area (Å²) in [5, 5.41) is 11.5. The molecule has 0 radical (unpaired) electrons. The Balaban J connectivity index is 2.26. The molecule has 0 aliphatic heterocycles. The fourth-order valence-electron chi connectivity index (χ4n) is 2.28. The number of hydrogen-bond acceptors (Lipinski definition) is 7. The van der Waals surface area contributed by atoms with Crippen LogP contribution in [0.2, 0.25) is 0 Å². The second-order valence-electron chi connectivity index (χ2n) is 4.58. The van der Waals surface area contributed by atoms with Crippen LogP contribution in [0.15, 0.2) is 42.5 Å². The number of nitrogens with two attached hydrogens (primary N) is 2. The lowest BCUT2D eigenvalue weighted by molar-refractivity contribution is 1.10. The summed E-state index contributed by atoms with van der Waals surface area (Å²) >= 11 is 0. The molecular weight excluding hydrogens is 278 g/mol. The van der Waals surface area contributed by atoms with Crippen LogP contribution >= 0.6 is 0 Å². The summed E-state index contributed by atoms with van der Waals surface area (Å²) in [6.45, 7) is 0. The van der Waals surface area contributed by atoms with Crippen molar-refractivity contribution in [2.24, 2.45) is 11.7 Å². The first-order valence-electron chi connectivity index (χ1n) is 6.51. The van der Waals surface area contributed by atoms with Crippen molar-refractivity contribution in [1.29, 1.82) is 5.26 Å². The lowest BCUT2D eigenvalue weighted by atomic mass is 10.0. The minimum atomic E-state index is 0.176. The molecule has 0 fully saturated rings. The van der Waals surface area contributed by atoms with Crippen LogP contribution in [0.3, 0.4) is 0 Å². The van der Waals surface area contributed by atoms with Crippen molar-refractivity contribution in [3.05, 3.63) is 48.0 Å². The molecule has 1 heterocycles. The number of fused-ring (bicyclic) bond motifs is 1. The summed E-state index contributed by atoms with van der Waals surface area (Å²) in [7, 11) is 0. The zero-order chi connectivity index (χ0) is 15.5. The van der Waals surface area contributed by atoms with Gasteiger partial charge in [0, 0.05) is 5.56 Å². The number of rotatable bonds is 3. The third kappa shape index (κ3) is 2.29. The molecule has 2 aromatic carbocycles. The highest BCUT2D eigenvalue weighted by Gasteiger charge is 2.15. The number of benzene rings is 2. The van der Waals surface area contributed by atoms with Crippen LogP contribution in [-0.2, 0) is 0 Å². The van der Waals surface area contributed by atoms with Gasteiger partial charge < -0.3 is 5.43 Å². The molecule has 0 aliphatic rings. The molecule has 0 amide bonds. The first kappa shape index (κ1) is 13.8. The van der Waals surface area contributed by atoms with E-state index in [1.807, 2.05) is 42.5 Å². The molecule has 7 heteroatoms. The van der Waals surface area contributed by atoms with Crippen LogP contribution in [0.4, 0.5) is 11.8 Å². The Morgan fingerprint density at radius 2 is 1.73 bits per heavy atom. The van der Waals surface area contributed by atoms with E-state index < -0.39 is 0 Å². The van der Waals surface area contributed by atoms with E-state index in [9.17, 15) is 5.26 Å². The molecule has 7 nitrogen and oxygen atoms in total. The Hall–Kier alpha value is -3.21. The molecule has 0 unspecified atom stereocenters. The summed E-state index contributed by atoms with van der Waals surface area (Å²) in [5.41, 5.74) is 6.28. The molecule has 3 aromatic rings. The number of anilines is 2. The fraction of sp³-hybridized carbons (Fsp3) is 0. The predicted molar refractivity (Wildman–Crippen MR) is 85.3 cm³/mol. The minimum absolute atomic E-state index is 0.176. The number of nitrogen functional groups attached to an aromatic ring is 2. The Morgan fingerprint density at radius 3 is 2.41 bits per heavy atom. The van der Waals surface area contributed by atoms with Crippen molar-refractivity contribution in [2.75, 3.05) is 10.9 Å². The Bertz CT molecular complexity index is 883. The standard InChI is InChI=1S/C15H13N7/c16-8-12-13(19-15(22-18)20-14(12)21-17)11-6-5-9-3-1-2-4-10(9)7-11/h1-7H,17-18H2,(H2,19,20,21,22). The van der Waals surface area contributed by atoms with Crippen molar-refractivity contribution >= 4 is 22.5 Å². The van der Waals surface area contributed by atoms with Crippen LogP contribution in [0, 0.1) is 11.3 Å². The summed E-state index contributed by atoms with van der Waals surface area (Å²) in [6.07, 6.45) is 0. The van der Waals surface area contributed by atoms with Crippen LogP contribution in [0.1, 0.15) is 5.56 Å². The van der Waals surface area contributed by atoms with E-state index in [0.717, 1.165) is 16.3 Å². The van der Waals surface area contributed by atoms with E-state index in [0.29, 0.717) is 5.69 Å². The van der Waals surface area contributed by atoms with Gasteiger partial charge in [-0.25, -0.2) is 16.7 Å². The summed E-state index contributed by atoms with van der Waals surface area (Å²) < 4.78 is 0. The Morgan fingerprint density at radius 1 is 0.955 bits per heavy atom. The second-order valence-corrected chi connectivity index (χ2v) is 4.58. The average Bonchev–Trinajstić information content (AvgIpc) is 2.59. The number of aromatic nitrogens is 2. The van der Waals surface area contributed by atoms with Crippen molar-refractivity contribution < 1.29 is 0 Å². The van der Waals surface area contributed by atoms with E-state index in [1.165, 1.54) is 0 Å². The van der Waals surface area contributed by atoms with Crippen molar-refractivity contribution in [3.8, 4) is 17.3 Å². The molecule has 0 aliphatic carbocycles. The van der Waals surface area contributed by atoms with Gasteiger partial charge in [0.25, 0.3) is 0 Å². The van der Waals surface area contributed by atoms with Gasteiger partial charge in [-0.2, -0.15) is 10.2 Å². The highest BCUT2D eigenvalue weighted by Crippen LogP contribution is 2.29. The topological polar surface area (TPSA) is 126 Å². The van der Waals surface area contributed by atoms with Crippen LogP contribution < -0.4 is 22.5 Å². The maximum Gasteiger partial charge on any atom is 0.239 e. The van der Waals surface area contributed by atoms with E-state index in [-0.39, 0.29) is 17.3 Å². The molecule has 0 spiro atoms. The van der Waals surface area contributed by atoms with Crippen molar-refractivity contribution in [1.82, 2.24) is 9.97 Å². The number of nitrogens with one attached hydrogen (secondary N) is 2. The van der Waals surface area contributed by atoms with Gasteiger partial charge in [0.15, 0.2) is 5.82 Å². The van der Waals surface area contributed by atoms with E-state index in [4.69, 9.17) is 11.7 Å². The molecule has 0 saturated heterocycles. The quantitative estimate of drug-likeness (QED) is 0.427. The largest absolute Gasteiger partial charge is 0.307 e. The monoisotopic (exact) mass is 291 g/mol. The highest BCUT2D eigenvalue weighted by molar-refractivity contribution is 5.88. The van der Waals surface area contributed by atoms with Crippen LogP contribution in [0.25, 0.3) is 22.0 Å². The maximum absolute atomic E-state index is 9.39. The van der Waals surface area contributed by atoms with Gasteiger partial charge in [0.05, 0.1) is 5.69 Å². The molecule has 0 saturated carbocycles. The molecular formula is C15H13N7. The SMILES string of the molecule is N#Cc1c(NN)nc(NN)nc1-c1ccc2ccccc2c1. The molecule has 3 rings (SSSR count). The third-order valence-electron chi connectivity index (χ3n) is 3.31. The molecule has 1 aromatic heterocycles. The lowest BCUT2D eigenvalue weighted by Gasteiger charge is -2.10. The average molecular weight is 291 g/mol. The molecule has 6 N–H and O–H groups in total. The molecule has 0 atom stereocenters. The van der Waals surface area contributed by atoms with E-state index in [2.05, 4.69) is 26.9 Å². The first-order valence-corrected chi connectivity index (χ1v) is 6.51. The number of nitriles is 1. The van der Waals surface area contributed by atoms with Crippen LogP contribution in [0.5, 0.6) is 0 Å². The van der Waals surface area contributed by atoms with Gasteiger partial charge in [-0.05, 0) is 16.8 Å². The number of hydrogen-bond donors (Lipinski definition) is 4. The predicted octanol–water partition coefficient (Wildman–Crippen LogP) is 1.74. The second kappa shape index (κ2) is 5.65. The summed E-state index contributed by atoms with van der Waals surface area (Å²) in [4.78, 5) is 8.31. The number of hydrazine groups is 2. The van der Waals surface area contributed by atoms with Gasteiger partial charge in [0.1, 0.15) is 11.6 Å². The van der Waals surface area contributed by atoms with Gasteiger partial charge in [0.2, 0.25) is 5.95 Å². The summed E-state index contributed by atoms with van der Waals surface area (Å²) in [6, 6.07) is 15.8. The Kier molecular flexibility index (Phi) is 3.53. The Labute approximate surface area is 126 Å². The number of nitrogens with zero attached hydrogens (tertiary/aromatic N) is 3. The van der Waals surface area contributed by atoms with E-state index >= 15 is 0 Å². The van der Waals surface area contributed by atoms with Crippen molar-refractivity contribution in [3.63, 3.8) is 0 Å². The van der Waals surface area contributed by atoms with Gasteiger partial charge in [-0.15, -0.1) is 0 Å². The zero-order valence-electron chi connectivity index (χ0n) is 11.5. The maximum atomic E-state index is 9.39. The van der Waals surface area contributed by atoms with Gasteiger partial charge >= 0.3 is 0 Å². The minimum Gasteiger partial charge on any atom is -0.307 e. The van der Waals surface area contributed by atoms with Crippen LogP contribution in [-0.4, -0.2) is 9.97 Å². The third-order valence-corrected chi connectivity index (χ3v) is 3.31. The van der Waals surface area contributed by atoms with Gasteiger partial charge in [-0.1, -0.05) is 36.4 Å². The van der Waals surface area contributed by atoms with Gasteiger partial charge in [-0.3, -0.25) is 5.43 Å².